The maximum absolute atomic E-state index is 10.3. The van der Waals surface area contributed by atoms with Crippen LogP contribution in [-0.4, -0.2) is 29.9 Å². The quantitative estimate of drug-likeness (QED) is 0.345. The Labute approximate surface area is 138 Å². The van der Waals surface area contributed by atoms with E-state index in [0.717, 1.165) is 12.8 Å². The van der Waals surface area contributed by atoms with Crippen LogP contribution in [0.2, 0.25) is 0 Å². The Balaban J connectivity index is -0.00000144. The van der Waals surface area contributed by atoms with Crippen LogP contribution in [0.1, 0.15) is 96.8 Å². The number of hydrogen-bond acceptors (Lipinski definition) is 2. The van der Waals surface area contributed by atoms with E-state index in [1.165, 1.54) is 70.6 Å². The first-order valence-electron chi connectivity index (χ1n) is 7.99. The third-order valence-corrected chi connectivity index (χ3v) is 3.49. The first-order valence-corrected chi connectivity index (χ1v) is 7.99. The van der Waals surface area contributed by atoms with Crippen molar-refractivity contribution in [2.24, 2.45) is 0 Å². The molecule has 0 amide bonds. The molecule has 0 aliphatic carbocycles. The molecule has 0 radical (unpaired) electrons. The van der Waals surface area contributed by atoms with Crippen LogP contribution in [0.5, 0.6) is 0 Å². The van der Waals surface area contributed by atoms with Gasteiger partial charge in [0.2, 0.25) is 0 Å². The third-order valence-electron chi connectivity index (χ3n) is 3.49. The number of carboxylic acid groups (broad SMARTS) is 1. The normalized spacial score (nSPS) is 9.65. The summed E-state index contributed by atoms with van der Waals surface area (Å²) >= 11 is 0. The zero-order valence-electron chi connectivity index (χ0n) is 13.0. The summed E-state index contributed by atoms with van der Waals surface area (Å²) in [6.45, 7) is 2.26. The Morgan fingerprint density at radius 2 is 1.00 bits per heavy atom. The van der Waals surface area contributed by atoms with Crippen LogP contribution < -0.4 is 6.15 Å². The van der Waals surface area contributed by atoms with Crippen molar-refractivity contribution in [3.05, 3.63) is 0 Å². The number of carboxylic acids is 1. The van der Waals surface area contributed by atoms with E-state index < -0.39 is 5.97 Å². The molecule has 0 aromatic heterocycles. The van der Waals surface area contributed by atoms with Crippen LogP contribution in [-0.2, 0) is 4.79 Å². The molecular weight excluding hydrogens is 245 g/mol. The molecule has 4 N–H and O–H groups in total. The van der Waals surface area contributed by atoms with Gasteiger partial charge in [0.25, 0.3) is 0 Å². The molecule has 0 rings (SSSR count). The van der Waals surface area contributed by atoms with Crippen LogP contribution in [0.4, 0.5) is 0 Å². The SMILES string of the molecule is CCCCCCCCCCCCCCCC(=O)O.N.[LiH]. The van der Waals surface area contributed by atoms with Gasteiger partial charge in [-0.1, -0.05) is 84.0 Å². The summed E-state index contributed by atoms with van der Waals surface area (Å²) < 4.78 is 0. The molecule has 0 atom stereocenters. The Morgan fingerprint density at radius 1 is 0.700 bits per heavy atom. The second kappa shape index (κ2) is 21.3. The van der Waals surface area contributed by atoms with Crippen LogP contribution in [0.15, 0.2) is 0 Å². The molecular formula is C16H36LiNO2. The zero-order valence-corrected chi connectivity index (χ0v) is 13.0. The minimum atomic E-state index is -0.655. The summed E-state index contributed by atoms with van der Waals surface area (Å²) in [6.07, 6.45) is 17.3. The second-order valence-electron chi connectivity index (χ2n) is 5.39. The van der Waals surface area contributed by atoms with E-state index in [1.807, 2.05) is 0 Å². The summed E-state index contributed by atoms with van der Waals surface area (Å²) in [6, 6.07) is 0. The predicted octanol–water partition coefficient (Wildman–Crippen LogP) is 5.07. The van der Waals surface area contributed by atoms with Crippen LogP contribution in [0.25, 0.3) is 0 Å². The molecule has 0 aromatic rings. The van der Waals surface area contributed by atoms with E-state index in [1.54, 1.807) is 0 Å². The third kappa shape index (κ3) is 23.1. The molecule has 0 unspecified atom stereocenters. The van der Waals surface area contributed by atoms with Gasteiger partial charge in [0.15, 0.2) is 0 Å². The van der Waals surface area contributed by atoms with E-state index in [9.17, 15) is 4.79 Å². The molecule has 20 heavy (non-hydrogen) atoms. The second-order valence-corrected chi connectivity index (χ2v) is 5.39. The molecule has 0 heterocycles. The van der Waals surface area contributed by atoms with Crippen molar-refractivity contribution >= 4 is 24.8 Å². The Morgan fingerprint density at radius 3 is 1.30 bits per heavy atom. The fourth-order valence-corrected chi connectivity index (χ4v) is 2.29. The van der Waals surface area contributed by atoms with Gasteiger partial charge in [-0.15, -0.1) is 0 Å². The molecule has 0 saturated carbocycles. The van der Waals surface area contributed by atoms with Gasteiger partial charge in [-0.3, -0.25) is 4.79 Å². The van der Waals surface area contributed by atoms with Gasteiger partial charge in [0, 0.05) is 6.42 Å². The van der Waals surface area contributed by atoms with E-state index in [0.29, 0.717) is 6.42 Å². The van der Waals surface area contributed by atoms with E-state index >= 15 is 0 Å². The Bertz CT molecular complexity index is 189. The summed E-state index contributed by atoms with van der Waals surface area (Å²) in [5.41, 5.74) is 0. The minimum absolute atomic E-state index is 0. The van der Waals surface area contributed by atoms with Crippen molar-refractivity contribution in [1.29, 1.82) is 0 Å². The van der Waals surface area contributed by atoms with Crippen molar-refractivity contribution < 1.29 is 9.90 Å². The fourth-order valence-electron chi connectivity index (χ4n) is 2.29. The summed E-state index contributed by atoms with van der Waals surface area (Å²) in [4.78, 5) is 10.3. The van der Waals surface area contributed by atoms with Crippen molar-refractivity contribution in [3.63, 3.8) is 0 Å². The zero-order chi connectivity index (χ0) is 13.5. The summed E-state index contributed by atoms with van der Waals surface area (Å²) in [5.74, 6) is -0.655. The van der Waals surface area contributed by atoms with Crippen LogP contribution in [0.3, 0.4) is 0 Å². The van der Waals surface area contributed by atoms with Gasteiger partial charge < -0.3 is 11.3 Å². The Kier molecular flexibility index (Phi) is 26.7. The van der Waals surface area contributed by atoms with Gasteiger partial charge in [-0.05, 0) is 6.42 Å². The topological polar surface area (TPSA) is 72.3 Å². The first kappa shape index (κ1) is 25.0. The molecule has 0 fully saturated rings. The molecule has 0 bridgehead atoms. The van der Waals surface area contributed by atoms with Crippen LogP contribution >= 0.6 is 0 Å². The van der Waals surface area contributed by atoms with Gasteiger partial charge >= 0.3 is 24.8 Å². The van der Waals surface area contributed by atoms with Crippen molar-refractivity contribution in [1.82, 2.24) is 6.15 Å². The van der Waals surface area contributed by atoms with Gasteiger partial charge in [0.05, 0.1) is 0 Å². The molecule has 0 saturated heterocycles. The fraction of sp³-hybridized carbons (Fsp3) is 0.938. The average Bonchev–Trinajstić information content (AvgIpc) is 2.34. The number of unbranched alkanes of at least 4 members (excludes halogenated alkanes) is 12. The van der Waals surface area contributed by atoms with E-state index in [2.05, 4.69) is 6.92 Å². The first-order chi connectivity index (χ1) is 8.77. The maximum atomic E-state index is 10.3. The monoisotopic (exact) mass is 281 g/mol. The van der Waals surface area contributed by atoms with Gasteiger partial charge in [-0.2, -0.15) is 0 Å². The van der Waals surface area contributed by atoms with Gasteiger partial charge in [0.1, 0.15) is 0 Å². The summed E-state index contributed by atoms with van der Waals surface area (Å²) in [7, 11) is 0. The molecule has 0 aliphatic heterocycles. The number of hydrogen-bond donors (Lipinski definition) is 2. The summed E-state index contributed by atoms with van der Waals surface area (Å²) in [5, 5.41) is 8.49. The van der Waals surface area contributed by atoms with Crippen LogP contribution in [0, 0.1) is 0 Å². The average molecular weight is 281 g/mol. The number of aliphatic carboxylic acids is 1. The van der Waals surface area contributed by atoms with E-state index in [4.69, 9.17) is 5.11 Å². The van der Waals surface area contributed by atoms with Crippen molar-refractivity contribution in [2.75, 3.05) is 0 Å². The standard InChI is InChI=1S/C16H32O2.Li.H3N.H/c1-2-3-4-5-6-7-8-9-10-11-12-13-14-15-16(17)18;;;/h2-15H2,1H3,(H,17,18);;1H3;. The number of carbonyl (C=O) groups is 1. The number of rotatable bonds is 14. The molecule has 4 heteroatoms. The van der Waals surface area contributed by atoms with Crippen molar-refractivity contribution in [2.45, 2.75) is 96.8 Å². The molecule has 3 nitrogen and oxygen atoms in total. The predicted molar refractivity (Wildman–Crippen MR) is 90.1 cm³/mol. The Hall–Kier alpha value is 0.0274. The van der Waals surface area contributed by atoms with Gasteiger partial charge in [-0.25, -0.2) is 0 Å². The molecule has 0 aliphatic rings. The molecule has 0 aromatic carbocycles. The molecule has 118 valence electrons. The molecule has 0 spiro atoms. The van der Waals surface area contributed by atoms with Crippen molar-refractivity contribution in [3.8, 4) is 0 Å². The van der Waals surface area contributed by atoms with E-state index in [-0.39, 0.29) is 25.0 Å².